The van der Waals surface area contributed by atoms with Gasteiger partial charge in [0.15, 0.2) is 0 Å². The molecule has 0 spiro atoms. The molecule has 76 valence electrons. The van der Waals surface area contributed by atoms with E-state index in [-0.39, 0.29) is 0 Å². The average Bonchev–Trinajstić information content (AvgIpc) is 2.26. The molecule has 0 saturated heterocycles. The summed E-state index contributed by atoms with van der Waals surface area (Å²) >= 11 is 5.91. The Labute approximate surface area is 91.6 Å². The van der Waals surface area contributed by atoms with Crippen molar-refractivity contribution in [3.05, 3.63) is 41.5 Å². The molecule has 0 aliphatic heterocycles. The molecule has 1 rings (SSSR count). The van der Waals surface area contributed by atoms with E-state index < -0.39 is 0 Å². The third-order valence-electron chi connectivity index (χ3n) is 2.41. The normalized spacial score (nSPS) is 10.1. The molecule has 0 aromatic heterocycles. The van der Waals surface area contributed by atoms with Crippen LogP contribution >= 0.6 is 11.6 Å². The van der Waals surface area contributed by atoms with Gasteiger partial charge in [-0.05, 0) is 29.5 Å². The maximum absolute atomic E-state index is 5.91. The molecular weight excluding hydrogens is 192 g/mol. The maximum atomic E-state index is 5.91. The molecule has 0 heterocycles. The Balaban J connectivity index is 2.87. The Bertz CT molecular complexity index is 302. The van der Waals surface area contributed by atoms with E-state index in [9.17, 15) is 0 Å². The zero-order chi connectivity index (χ0) is 10.4. The van der Waals surface area contributed by atoms with E-state index >= 15 is 0 Å². The third kappa shape index (κ3) is 2.88. The van der Waals surface area contributed by atoms with E-state index in [1.807, 2.05) is 6.08 Å². The van der Waals surface area contributed by atoms with E-state index in [1.54, 1.807) is 0 Å². The van der Waals surface area contributed by atoms with Gasteiger partial charge in [0.05, 0.1) is 0 Å². The third-order valence-corrected chi connectivity index (χ3v) is 2.70. The number of rotatable bonds is 5. The Morgan fingerprint density at radius 2 is 2.14 bits per heavy atom. The summed E-state index contributed by atoms with van der Waals surface area (Å²) < 4.78 is 0. The van der Waals surface area contributed by atoms with Gasteiger partial charge in [-0.25, -0.2) is 0 Å². The molecule has 0 radical (unpaired) electrons. The van der Waals surface area contributed by atoms with Crippen LogP contribution in [-0.2, 0) is 12.3 Å². The minimum atomic E-state index is 0.598. The smallest absolute Gasteiger partial charge is 0.0477 e. The highest BCUT2D eigenvalue weighted by atomic mass is 35.5. The van der Waals surface area contributed by atoms with Gasteiger partial charge in [-0.3, -0.25) is 0 Å². The molecule has 1 heteroatoms. The van der Waals surface area contributed by atoms with Crippen molar-refractivity contribution >= 4 is 17.7 Å². The van der Waals surface area contributed by atoms with Crippen molar-refractivity contribution in [2.24, 2.45) is 0 Å². The van der Waals surface area contributed by atoms with Crippen LogP contribution in [0.2, 0.25) is 0 Å². The van der Waals surface area contributed by atoms with E-state index in [0.717, 1.165) is 12.0 Å². The molecule has 0 N–H and O–H groups in total. The highest BCUT2D eigenvalue weighted by molar-refractivity contribution is 6.17. The van der Waals surface area contributed by atoms with Gasteiger partial charge < -0.3 is 0 Å². The minimum Gasteiger partial charge on any atom is -0.122 e. The summed E-state index contributed by atoms with van der Waals surface area (Å²) in [6.07, 6.45) is 5.46. The van der Waals surface area contributed by atoms with Crippen LogP contribution in [0.15, 0.2) is 24.8 Å². The van der Waals surface area contributed by atoms with Crippen LogP contribution in [0.1, 0.15) is 36.5 Å². The van der Waals surface area contributed by atoms with Gasteiger partial charge in [-0.2, -0.15) is 0 Å². The monoisotopic (exact) mass is 208 g/mol. The van der Waals surface area contributed by atoms with Gasteiger partial charge in [0.25, 0.3) is 0 Å². The molecular formula is C13H17Cl. The number of alkyl halides is 1. The Hall–Kier alpha value is -0.750. The van der Waals surface area contributed by atoms with E-state index in [2.05, 4.69) is 31.7 Å². The number of aryl methyl sites for hydroxylation is 1. The van der Waals surface area contributed by atoms with Gasteiger partial charge in [0.2, 0.25) is 0 Å². The lowest BCUT2D eigenvalue weighted by Gasteiger charge is -2.07. The first-order chi connectivity index (χ1) is 6.81. The second-order valence-corrected chi connectivity index (χ2v) is 3.74. The van der Waals surface area contributed by atoms with Gasteiger partial charge in [-0.15, -0.1) is 11.6 Å². The summed E-state index contributed by atoms with van der Waals surface area (Å²) in [6.45, 7) is 5.96. The predicted molar refractivity (Wildman–Crippen MR) is 64.7 cm³/mol. The second-order valence-electron chi connectivity index (χ2n) is 3.47. The Kier molecular flexibility index (Phi) is 4.75. The Morgan fingerprint density at radius 3 is 2.71 bits per heavy atom. The largest absolute Gasteiger partial charge is 0.122 e. The van der Waals surface area contributed by atoms with Gasteiger partial charge in [0, 0.05) is 5.88 Å². The van der Waals surface area contributed by atoms with E-state index in [4.69, 9.17) is 11.6 Å². The zero-order valence-corrected chi connectivity index (χ0v) is 9.48. The highest BCUT2D eigenvalue weighted by Crippen LogP contribution is 2.17. The summed E-state index contributed by atoms with van der Waals surface area (Å²) in [5.41, 5.74) is 3.78. The maximum Gasteiger partial charge on any atom is 0.0477 e. The van der Waals surface area contributed by atoms with Crippen molar-refractivity contribution in [2.75, 3.05) is 0 Å². The van der Waals surface area contributed by atoms with Gasteiger partial charge >= 0.3 is 0 Å². The molecule has 0 bridgehead atoms. The van der Waals surface area contributed by atoms with Crippen LogP contribution in [0.25, 0.3) is 6.08 Å². The molecule has 0 aliphatic carbocycles. The van der Waals surface area contributed by atoms with Crippen LogP contribution < -0.4 is 0 Å². The summed E-state index contributed by atoms with van der Waals surface area (Å²) in [7, 11) is 0. The lowest BCUT2D eigenvalue weighted by atomic mass is 10.0. The topological polar surface area (TPSA) is 0 Å². The molecule has 0 nitrogen and oxygen atoms in total. The van der Waals surface area contributed by atoms with Crippen LogP contribution in [0.5, 0.6) is 0 Å². The van der Waals surface area contributed by atoms with Crippen molar-refractivity contribution in [3.63, 3.8) is 0 Å². The van der Waals surface area contributed by atoms with Crippen molar-refractivity contribution in [1.82, 2.24) is 0 Å². The predicted octanol–water partition coefficient (Wildman–Crippen LogP) is 4.41. The molecule has 0 amide bonds. The quantitative estimate of drug-likeness (QED) is 0.629. The number of hydrogen-bond acceptors (Lipinski definition) is 0. The lowest BCUT2D eigenvalue weighted by molar-refractivity contribution is 0.790. The SMILES string of the molecule is C=Cc1ccc(CCCC)c(CCl)c1. The fraction of sp³-hybridized carbons (Fsp3) is 0.385. The highest BCUT2D eigenvalue weighted by Gasteiger charge is 2.01. The fourth-order valence-electron chi connectivity index (χ4n) is 1.51. The lowest BCUT2D eigenvalue weighted by Crippen LogP contribution is -1.92. The molecule has 0 saturated carbocycles. The van der Waals surface area contributed by atoms with Crippen molar-refractivity contribution in [1.29, 1.82) is 0 Å². The summed E-state index contributed by atoms with van der Waals surface area (Å²) in [5.74, 6) is 0.598. The second kappa shape index (κ2) is 5.87. The number of unbranched alkanes of at least 4 members (excludes halogenated alkanes) is 1. The van der Waals surface area contributed by atoms with Gasteiger partial charge in [0.1, 0.15) is 0 Å². The van der Waals surface area contributed by atoms with Gasteiger partial charge in [-0.1, -0.05) is 44.2 Å². The van der Waals surface area contributed by atoms with E-state index in [1.165, 1.54) is 24.0 Å². The first kappa shape index (κ1) is 11.3. The van der Waals surface area contributed by atoms with Crippen LogP contribution in [0.3, 0.4) is 0 Å². The van der Waals surface area contributed by atoms with Crippen LogP contribution in [-0.4, -0.2) is 0 Å². The number of benzene rings is 1. The first-order valence-electron chi connectivity index (χ1n) is 5.12. The Morgan fingerprint density at radius 1 is 1.36 bits per heavy atom. The first-order valence-corrected chi connectivity index (χ1v) is 5.65. The minimum absolute atomic E-state index is 0.598. The van der Waals surface area contributed by atoms with Crippen molar-refractivity contribution in [3.8, 4) is 0 Å². The summed E-state index contributed by atoms with van der Waals surface area (Å²) in [5, 5.41) is 0. The van der Waals surface area contributed by atoms with E-state index in [0.29, 0.717) is 5.88 Å². The zero-order valence-electron chi connectivity index (χ0n) is 8.72. The fourth-order valence-corrected chi connectivity index (χ4v) is 1.76. The van der Waals surface area contributed by atoms with Crippen molar-refractivity contribution < 1.29 is 0 Å². The summed E-state index contributed by atoms with van der Waals surface area (Å²) in [4.78, 5) is 0. The molecule has 0 unspecified atom stereocenters. The molecule has 0 atom stereocenters. The molecule has 14 heavy (non-hydrogen) atoms. The van der Waals surface area contributed by atoms with Crippen LogP contribution in [0, 0.1) is 0 Å². The molecule has 1 aromatic rings. The van der Waals surface area contributed by atoms with Crippen molar-refractivity contribution in [2.45, 2.75) is 32.1 Å². The average molecular weight is 209 g/mol. The number of hydrogen-bond donors (Lipinski definition) is 0. The summed E-state index contributed by atoms with van der Waals surface area (Å²) in [6, 6.07) is 6.41. The molecule has 1 aromatic carbocycles. The molecule has 0 aliphatic rings. The molecule has 0 fully saturated rings. The van der Waals surface area contributed by atoms with Crippen LogP contribution in [0.4, 0.5) is 0 Å². The standard InChI is InChI=1S/C13H17Cl/c1-3-5-6-12-8-7-11(4-2)9-13(12)10-14/h4,7-9H,2-3,5-6,10H2,1H3. The number of halogens is 1.